The highest BCUT2D eigenvalue weighted by atomic mass is 16.6. The van der Waals surface area contributed by atoms with Gasteiger partial charge in [-0.05, 0) is 30.7 Å². The first kappa shape index (κ1) is 22.3. The van der Waals surface area contributed by atoms with Gasteiger partial charge in [-0.25, -0.2) is 4.98 Å². The van der Waals surface area contributed by atoms with Crippen molar-refractivity contribution in [1.29, 1.82) is 0 Å². The number of ether oxygens (including phenoxy) is 1. The van der Waals surface area contributed by atoms with Gasteiger partial charge in [-0.2, -0.15) is 0 Å². The molecule has 3 rings (SSSR count). The van der Waals surface area contributed by atoms with E-state index in [1.807, 2.05) is 25.2 Å². The normalized spacial score (nSPS) is 11.8. The fourth-order valence-corrected chi connectivity index (χ4v) is 3.62. The van der Waals surface area contributed by atoms with Crippen molar-refractivity contribution in [3.8, 4) is 17.2 Å². The van der Waals surface area contributed by atoms with Crippen LogP contribution in [-0.4, -0.2) is 24.1 Å². The highest BCUT2D eigenvalue weighted by Gasteiger charge is 2.26. The molecule has 2 aromatic carbocycles. The third-order valence-corrected chi connectivity index (χ3v) is 5.40. The second-order valence-corrected chi connectivity index (χ2v) is 7.51. The lowest BCUT2D eigenvalue weighted by molar-refractivity contribution is -0.384. The Labute approximate surface area is 182 Å². The van der Waals surface area contributed by atoms with Crippen molar-refractivity contribution < 1.29 is 14.1 Å². The van der Waals surface area contributed by atoms with Gasteiger partial charge in [0.25, 0.3) is 5.69 Å². The first-order valence-electron chi connectivity index (χ1n) is 10.6. The van der Waals surface area contributed by atoms with Gasteiger partial charge in [0.1, 0.15) is 6.04 Å². The van der Waals surface area contributed by atoms with Gasteiger partial charge in [-0.3, -0.25) is 10.1 Å². The third kappa shape index (κ3) is 5.42. The lowest BCUT2D eigenvalue weighted by Gasteiger charge is -2.27. The Kier molecular flexibility index (Phi) is 7.65. The maximum atomic E-state index is 11.0. The fourth-order valence-electron chi connectivity index (χ4n) is 3.62. The van der Waals surface area contributed by atoms with Gasteiger partial charge < -0.3 is 14.1 Å². The second-order valence-electron chi connectivity index (χ2n) is 7.51. The number of para-hydroxylation sites is 1. The van der Waals surface area contributed by atoms with Crippen LogP contribution in [0.2, 0.25) is 0 Å². The average molecular weight is 424 g/mol. The summed E-state index contributed by atoms with van der Waals surface area (Å²) >= 11 is 0. The fraction of sp³-hybridized carbons (Fsp3) is 0.375. The maximum absolute atomic E-state index is 11.0. The Hall–Kier alpha value is -3.35. The third-order valence-electron chi connectivity index (χ3n) is 5.40. The molecule has 31 heavy (non-hydrogen) atoms. The summed E-state index contributed by atoms with van der Waals surface area (Å²) in [5, 5.41) is 11.0. The number of nitrogens with zero attached hydrogens (tertiary/aromatic N) is 3. The monoisotopic (exact) mass is 423 g/mol. The Morgan fingerprint density at radius 2 is 1.81 bits per heavy atom. The summed E-state index contributed by atoms with van der Waals surface area (Å²) in [6.45, 7) is 2.20. The van der Waals surface area contributed by atoms with Gasteiger partial charge in [0.05, 0.1) is 12.0 Å². The molecule has 0 aliphatic rings. The minimum Gasteiger partial charge on any atom is -0.467 e. The minimum absolute atomic E-state index is 0.0315. The number of benzene rings is 2. The van der Waals surface area contributed by atoms with Crippen LogP contribution in [0.1, 0.15) is 51.0 Å². The predicted molar refractivity (Wildman–Crippen MR) is 121 cm³/mol. The van der Waals surface area contributed by atoms with Crippen LogP contribution in [0.5, 0.6) is 5.95 Å². The number of anilines is 1. The van der Waals surface area contributed by atoms with Crippen molar-refractivity contribution in [1.82, 2.24) is 4.98 Å². The quantitative estimate of drug-likeness (QED) is 0.201. The van der Waals surface area contributed by atoms with E-state index >= 15 is 0 Å². The zero-order chi connectivity index (χ0) is 22.2. The van der Waals surface area contributed by atoms with E-state index in [0.717, 1.165) is 24.9 Å². The van der Waals surface area contributed by atoms with Gasteiger partial charge >= 0.3 is 5.95 Å². The Morgan fingerprint density at radius 1 is 1.10 bits per heavy atom. The van der Waals surface area contributed by atoms with E-state index in [1.54, 1.807) is 12.1 Å². The number of hydrogen-bond acceptors (Lipinski definition) is 6. The molecule has 0 saturated carbocycles. The number of methoxy groups -OCH3 is 1. The summed E-state index contributed by atoms with van der Waals surface area (Å²) in [6.07, 6.45) is 5.49. The molecule has 164 valence electrons. The van der Waals surface area contributed by atoms with Crippen LogP contribution in [0, 0.1) is 10.1 Å². The van der Waals surface area contributed by atoms with Crippen molar-refractivity contribution in [3.63, 3.8) is 0 Å². The zero-order valence-corrected chi connectivity index (χ0v) is 18.3. The highest BCUT2D eigenvalue weighted by Crippen LogP contribution is 2.37. The molecule has 0 fully saturated rings. The van der Waals surface area contributed by atoms with Gasteiger partial charge in [0.2, 0.25) is 5.89 Å². The van der Waals surface area contributed by atoms with Crippen LogP contribution >= 0.6 is 0 Å². The van der Waals surface area contributed by atoms with E-state index in [2.05, 4.69) is 24.0 Å². The Bertz CT molecular complexity index is 970. The SMILES string of the molecule is CCCCCCC(c1nc(-c2ccc([N+](=O)[O-])cc2)c(OC)o1)N(C)c1ccccc1. The molecule has 0 bridgehead atoms. The van der Waals surface area contributed by atoms with Gasteiger partial charge in [0.15, 0.2) is 5.69 Å². The Morgan fingerprint density at radius 3 is 2.42 bits per heavy atom. The van der Waals surface area contributed by atoms with E-state index in [0.29, 0.717) is 23.1 Å². The molecule has 1 aromatic heterocycles. The highest BCUT2D eigenvalue weighted by molar-refractivity contribution is 5.65. The van der Waals surface area contributed by atoms with Crippen molar-refractivity contribution in [2.45, 2.75) is 45.1 Å². The number of non-ortho nitro benzene ring substituents is 1. The molecule has 0 saturated heterocycles. The summed E-state index contributed by atoms with van der Waals surface area (Å²) in [7, 11) is 3.58. The molecule has 7 nitrogen and oxygen atoms in total. The Balaban J connectivity index is 1.93. The molecule has 1 unspecified atom stereocenters. The summed E-state index contributed by atoms with van der Waals surface area (Å²) in [5.41, 5.74) is 2.37. The van der Waals surface area contributed by atoms with Crippen molar-refractivity contribution in [2.24, 2.45) is 0 Å². The molecule has 0 radical (unpaired) electrons. The molecular weight excluding hydrogens is 394 g/mol. The number of oxazole rings is 1. The molecule has 0 aliphatic carbocycles. The minimum atomic E-state index is -0.420. The molecule has 0 spiro atoms. The summed E-state index contributed by atoms with van der Waals surface area (Å²) < 4.78 is 11.5. The number of unbranched alkanes of at least 4 members (excludes halogenated alkanes) is 3. The van der Waals surface area contributed by atoms with Gasteiger partial charge in [-0.1, -0.05) is 50.8 Å². The van der Waals surface area contributed by atoms with E-state index in [9.17, 15) is 10.1 Å². The number of nitro groups is 1. The van der Waals surface area contributed by atoms with Crippen LogP contribution in [0.3, 0.4) is 0 Å². The molecule has 3 aromatic rings. The van der Waals surface area contributed by atoms with Crippen LogP contribution < -0.4 is 9.64 Å². The first-order valence-corrected chi connectivity index (χ1v) is 10.6. The summed E-state index contributed by atoms with van der Waals surface area (Å²) in [4.78, 5) is 17.5. The first-order chi connectivity index (χ1) is 15.0. The summed E-state index contributed by atoms with van der Waals surface area (Å²) in [6, 6.07) is 16.3. The van der Waals surface area contributed by atoms with Crippen LogP contribution in [0.4, 0.5) is 11.4 Å². The van der Waals surface area contributed by atoms with Gasteiger partial charge in [0, 0.05) is 30.4 Å². The van der Waals surface area contributed by atoms with Crippen molar-refractivity contribution in [3.05, 3.63) is 70.6 Å². The van der Waals surface area contributed by atoms with E-state index in [1.165, 1.54) is 32.1 Å². The standard InChI is InChI=1S/C24H29N3O4/c1-4-5-6-10-13-21(26(2)19-11-8-7-9-12-19)23-25-22(24(30-3)31-23)18-14-16-20(17-15-18)27(28)29/h7-9,11-12,14-17,21H,4-6,10,13H2,1-3H3. The zero-order valence-electron chi connectivity index (χ0n) is 18.3. The molecule has 0 N–H and O–H groups in total. The van der Waals surface area contributed by atoms with Crippen LogP contribution in [0.15, 0.2) is 59.0 Å². The van der Waals surface area contributed by atoms with E-state index in [-0.39, 0.29) is 11.7 Å². The average Bonchev–Trinajstić information content (AvgIpc) is 3.23. The van der Waals surface area contributed by atoms with Gasteiger partial charge in [-0.15, -0.1) is 0 Å². The summed E-state index contributed by atoms with van der Waals surface area (Å²) in [5.74, 6) is 0.886. The number of aromatic nitrogens is 1. The van der Waals surface area contributed by atoms with E-state index < -0.39 is 4.92 Å². The second kappa shape index (κ2) is 10.6. The smallest absolute Gasteiger partial charge is 0.313 e. The topological polar surface area (TPSA) is 81.6 Å². The van der Waals surface area contributed by atoms with Crippen molar-refractivity contribution in [2.75, 3.05) is 19.1 Å². The van der Waals surface area contributed by atoms with Crippen molar-refractivity contribution >= 4 is 11.4 Å². The number of rotatable bonds is 11. The number of nitro benzene ring substituents is 1. The lowest BCUT2D eigenvalue weighted by atomic mass is 10.1. The molecule has 0 amide bonds. The van der Waals surface area contributed by atoms with E-state index in [4.69, 9.17) is 14.1 Å². The molecule has 0 aliphatic heterocycles. The molecule has 1 heterocycles. The largest absolute Gasteiger partial charge is 0.467 e. The molecule has 1 atom stereocenters. The van der Waals surface area contributed by atoms with Crippen LogP contribution in [-0.2, 0) is 0 Å². The molecule has 7 heteroatoms. The van der Waals surface area contributed by atoms with Crippen LogP contribution in [0.25, 0.3) is 11.3 Å². The maximum Gasteiger partial charge on any atom is 0.313 e. The number of hydrogen-bond donors (Lipinski definition) is 0. The predicted octanol–water partition coefficient (Wildman–Crippen LogP) is 6.41. The molecular formula is C24H29N3O4. The lowest BCUT2D eigenvalue weighted by Crippen LogP contribution is -2.24.